The molecule has 0 aliphatic rings. The molecule has 2 nitrogen and oxygen atoms in total. The van der Waals surface area contributed by atoms with Gasteiger partial charge >= 0.3 is 0 Å². The summed E-state index contributed by atoms with van der Waals surface area (Å²) in [4.78, 5) is 2.24. The minimum Gasteiger partial charge on any atom is -0.324 e. The Morgan fingerprint density at radius 2 is 2.21 bits per heavy atom. The zero-order chi connectivity index (χ0) is 13.7. The van der Waals surface area contributed by atoms with Crippen LogP contribution in [0.4, 0.5) is 4.39 Å². The molecule has 1 heterocycles. The molecule has 0 fully saturated rings. The number of thiophene rings is 1. The molecule has 0 spiro atoms. The fourth-order valence-electron chi connectivity index (χ4n) is 2.04. The maximum Gasteiger partial charge on any atom is 0.123 e. The van der Waals surface area contributed by atoms with Gasteiger partial charge in [0.1, 0.15) is 5.82 Å². The molecule has 1 unspecified atom stereocenters. The molecule has 0 amide bonds. The van der Waals surface area contributed by atoms with Crippen LogP contribution in [0, 0.1) is 5.82 Å². The Balaban J connectivity index is 1.81. The molecule has 1 aromatic heterocycles. The average Bonchev–Trinajstić information content (AvgIpc) is 2.88. The number of hydrogen-bond donors (Lipinski definition) is 1. The lowest BCUT2D eigenvalue weighted by atomic mass is 10.0. The molecule has 2 rings (SSSR count). The van der Waals surface area contributed by atoms with E-state index in [1.54, 1.807) is 17.4 Å². The molecule has 102 valence electrons. The number of rotatable bonds is 6. The van der Waals surface area contributed by atoms with E-state index in [9.17, 15) is 4.39 Å². The molecule has 19 heavy (non-hydrogen) atoms. The van der Waals surface area contributed by atoms with Crippen LogP contribution in [0.15, 0.2) is 41.1 Å². The van der Waals surface area contributed by atoms with E-state index >= 15 is 0 Å². The molecule has 0 saturated heterocycles. The van der Waals surface area contributed by atoms with Gasteiger partial charge in [0.25, 0.3) is 0 Å². The van der Waals surface area contributed by atoms with Crippen LogP contribution in [0.1, 0.15) is 23.6 Å². The van der Waals surface area contributed by atoms with Gasteiger partial charge in [-0.1, -0.05) is 12.1 Å². The van der Waals surface area contributed by atoms with Gasteiger partial charge in [-0.3, -0.25) is 0 Å². The third kappa shape index (κ3) is 4.42. The van der Waals surface area contributed by atoms with E-state index < -0.39 is 0 Å². The number of nitrogens with zero attached hydrogens (tertiary/aromatic N) is 1. The molecule has 0 radical (unpaired) electrons. The molecule has 2 aromatic rings. The summed E-state index contributed by atoms with van der Waals surface area (Å²) in [6.07, 6.45) is 0.824. The highest BCUT2D eigenvalue weighted by Crippen LogP contribution is 2.16. The first-order valence-corrected chi connectivity index (χ1v) is 7.30. The Labute approximate surface area is 117 Å². The molecule has 0 aliphatic heterocycles. The van der Waals surface area contributed by atoms with E-state index in [1.807, 2.05) is 6.07 Å². The SMILES string of the molecule is CN(CCC(N)c1cccc(F)c1)Cc1ccsc1. The van der Waals surface area contributed by atoms with Crippen molar-refractivity contribution in [3.63, 3.8) is 0 Å². The molecule has 0 saturated carbocycles. The van der Waals surface area contributed by atoms with E-state index in [4.69, 9.17) is 5.73 Å². The summed E-state index contributed by atoms with van der Waals surface area (Å²) in [5.74, 6) is -0.223. The molecule has 1 aromatic carbocycles. The molecular formula is C15H19FN2S. The van der Waals surface area contributed by atoms with Crippen molar-refractivity contribution in [2.45, 2.75) is 19.0 Å². The second kappa shape index (κ2) is 6.80. The molecule has 4 heteroatoms. The van der Waals surface area contributed by atoms with Gasteiger partial charge < -0.3 is 10.6 Å². The first-order valence-electron chi connectivity index (χ1n) is 6.36. The topological polar surface area (TPSA) is 29.3 Å². The van der Waals surface area contributed by atoms with Gasteiger partial charge in [0.15, 0.2) is 0 Å². The third-order valence-electron chi connectivity index (χ3n) is 3.13. The molecular weight excluding hydrogens is 259 g/mol. The Morgan fingerprint density at radius 3 is 2.89 bits per heavy atom. The first-order chi connectivity index (χ1) is 9.15. The van der Waals surface area contributed by atoms with Crippen LogP contribution in [0.3, 0.4) is 0 Å². The van der Waals surface area contributed by atoms with Gasteiger partial charge in [-0.25, -0.2) is 4.39 Å². The summed E-state index contributed by atoms with van der Waals surface area (Å²) in [7, 11) is 2.08. The highest BCUT2D eigenvalue weighted by atomic mass is 32.1. The Morgan fingerprint density at radius 1 is 1.37 bits per heavy atom. The fraction of sp³-hybridized carbons (Fsp3) is 0.333. The van der Waals surface area contributed by atoms with Crippen molar-refractivity contribution in [3.05, 3.63) is 58.0 Å². The summed E-state index contributed by atoms with van der Waals surface area (Å²) in [6.45, 7) is 1.83. The molecule has 0 aliphatic carbocycles. The number of nitrogens with two attached hydrogens (primary N) is 1. The summed E-state index contributed by atoms with van der Waals surface area (Å²) in [5, 5.41) is 4.24. The maximum absolute atomic E-state index is 13.1. The minimum atomic E-state index is -0.223. The van der Waals surface area contributed by atoms with Gasteiger partial charge in [-0.2, -0.15) is 11.3 Å². The van der Waals surface area contributed by atoms with Crippen molar-refractivity contribution in [1.82, 2.24) is 4.90 Å². The zero-order valence-corrected chi connectivity index (χ0v) is 11.9. The van der Waals surface area contributed by atoms with E-state index in [-0.39, 0.29) is 11.9 Å². The highest BCUT2D eigenvalue weighted by molar-refractivity contribution is 7.07. The second-order valence-corrected chi connectivity index (χ2v) is 5.60. The van der Waals surface area contributed by atoms with Crippen LogP contribution in [-0.4, -0.2) is 18.5 Å². The number of halogens is 1. The molecule has 0 bridgehead atoms. The van der Waals surface area contributed by atoms with Crippen molar-refractivity contribution in [1.29, 1.82) is 0 Å². The van der Waals surface area contributed by atoms with Gasteiger partial charge in [-0.15, -0.1) is 0 Å². The van der Waals surface area contributed by atoms with Gasteiger partial charge in [0.2, 0.25) is 0 Å². The van der Waals surface area contributed by atoms with E-state index in [1.165, 1.54) is 17.7 Å². The summed E-state index contributed by atoms with van der Waals surface area (Å²) in [6, 6.07) is 8.57. The van der Waals surface area contributed by atoms with Crippen LogP contribution >= 0.6 is 11.3 Å². The standard InChI is InChI=1S/C15H19FN2S/c1-18(10-12-6-8-19-11-12)7-5-15(17)13-3-2-4-14(16)9-13/h2-4,6,8-9,11,15H,5,7,10,17H2,1H3. The van der Waals surface area contributed by atoms with Crippen molar-refractivity contribution >= 4 is 11.3 Å². The lowest BCUT2D eigenvalue weighted by Gasteiger charge is -2.19. The van der Waals surface area contributed by atoms with E-state index in [2.05, 4.69) is 28.8 Å². The predicted octanol–water partition coefficient (Wildman–Crippen LogP) is 3.41. The normalized spacial score (nSPS) is 12.8. The quantitative estimate of drug-likeness (QED) is 0.877. The predicted molar refractivity (Wildman–Crippen MR) is 78.6 cm³/mol. The Hall–Kier alpha value is -1.23. The van der Waals surface area contributed by atoms with Crippen LogP contribution in [0.5, 0.6) is 0 Å². The smallest absolute Gasteiger partial charge is 0.123 e. The third-order valence-corrected chi connectivity index (χ3v) is 3.86. The van der Waals surface area contributed by atoms with Gasteiger partial charge in [-0.05, 0) is 60.1 Å². The lowest BCUT2D eigenvalue weighted by Crippen LogP contribution is -2.23. The van der Waals surface area contributed by atoms with Gasteiger partial charge in [0.05, 0.1) is 0 Å². The van der Waals surface area contributed by atoms with Crippen LogP contribution < -0.4 is 5.73 Å². The average molecular weight is 278 g/mol. The van der Waals surface area contributed by atoms with Crippen molar-refractivity contribution in [2.75, 3.05) is 13.6 Å². The van der Waals surface area contributed by atoms with E-state index in [0.717, 1.165) is 25.1 Å². The first kappa shape index (κ1) is 14.2. The molecule has 2 N–H and O–H groups in total. The number of benzene rings is 1. The van der Waals surface area contributed by atoms with Gasteiger partial charge in [0, 0.05) is 12.6 Å². The second-order valence-electron chi connectivity index (χ2n) is 4.82. The van der Waals surface area contributed by atoms with Crippen molar-refractivity contribution in [3.8, 4) is 0 Å². The van der Waals surface area contributed by atoms with Crippen LogP contribution in [0.2, 0.25) is 0 Å². The monoisotopic (exact) mass is 278 g/mol. The maximum atomic E-state index is 13.1. The summed E-state index contributed by atoms with van der Waals surface area (Å²) >= 11 is 1.71. The fourth-order valence-corrected chi connectivity index (χ4v) is 2.70. The van der Waals surface area contributed by atoms with E-state index in [0.29, 0.717) is 0 Å². The minimum absolute atomic E-state index is 0.111. The highest BCUT2D eigenvalue weighted by Gasteiger charge is 2.08. The Bertz CT molecular complexity index is 499. The molecule has 1 atom stereocenters. The zero-order valence-electron chi connectivity index (χ0n) is 11.1. The Kier molecular flexibility index (Phi) is 5.07. The summed E-state index contributed by atoms with van der Waals surface area (Å²) in [5.41, 5.74) is 8.28. The number of hydrogen-bond acceptors (Lipinski definition) is 3. The van der Waals surface area contributed by atoms with Crippen molar-refractivity contribution in [2.24, 2.45) is 5.73 Å². The van der Waals surface area contributed by atoms with Crippen molar-refractivity contribution < 1.29 is 4.39 Å². The lowest BCUT2D eigenvalue weighted by molar-refractivity contribution is 0.312. The largest absolute Gasteiger partial charge is 0.324 e. The summed E-state index contributed by atoms with van der Waals surface area (Å²) < 4.78 is 13.1. The van der Waals surface area contributed by atoms with Crippen LogP contribution in [-0.2, 0) is 6.54 Å². The van der Waals surface area contributed by atoms with Crippen LogP contribution in [0.25, 0.3) is 0 Å².